The minimum absolute atomic E-state index is 0.412. The predicted octanol–water partition coefficient (Wildman–Crippen LogP) is 0.730. The molecule has 0 heterocycles. The minimum atomic E-state index is -0.641. The third-order valence-corrected chi connectivity index (χ3v) is 2.69. The molecule has 0 saturated heterocycles. The summed E-state index contributed by atoms with van der Waals surface area (Å²) in [4.78, 5) is 15.2. The van der Waals surface area contributed by atoms with Gasteiger partial charge in [0.25, 0.3) is 0 Å². The first-order chi connectivity index (χ1) is 9.12. The minimum Gasteiger partial charge on any atom is -0.468 e. The quantitative estimate of drug-likeness (QED) is 0.604. The zero-order chi connectivity index (χ0) is 14.3. The Labute approximate surface area is 113 Å². The van der Waals surface area contributed by atoms with Gasteiger partial charge in [-0.2, -0.15) is 0 Å². The largest absolute Gasteiger partial charge is 0.468 e. The predicted molar refractivity (Wildman–Crippen MR) is 76.7 cm³/mol. The number of carbonyl (C=O) groups excluding carboxylic acids is 1. The molecule has 0 aliphatic rings. The number of benzene rings is 1. The third kappa shape index (κ3) is 4.22. The van der Waals surface area contributed by atoms with E-state index in [9.17, 15) is 4.79 Å². The molecule has 0 aliphatic carbocycles. The summed E-state index contributed by atoms with van der Waals surface area (Å²) in [5, 5.41) is 0. The maximum atomic E-state index is 11.2. The van der Waals surface area contributed by atoms with Crippen LogP contribution in [0.15, 0.2) is 35.5 Å². The van der Waals surface area contributed by atoms with Gasteiger partial charge in [0.2, 0.25) is 0 Å². The number of hydrogen-bond acceptors (Lipinski definition) is 5. The van der Waals surface area contributed by atoms with E-state index >= 15 is 0 Å². The molecule has 1 aromatic rings. The lowest BCUT2D eigenvalue weighted by Gasteiger charge is -2.09. The van der Waals surface area contributed by atoms with Gasteiger partial charge in [-0.25, -0.2) is 0 Å². The molecule has 19 heavy (non-hydrogen) atoms. The SMILES string of the molecule is CN=CC(=CN)c1ccc(C[C@H](N)C(=O)OC)cc1. The summed E-state index contributed by atoms with van der Waals surface area (Å²) >= 11 is 0. The molecular weight excluding hydrogens is 242 g/mol. The van der Waals surface area contributed by atoms with E-state index in [1.54, 1.807) is 13.3 Å². The van der Waals surface area contributed by atoms with Gasteiger partial charge in [-0.3, -0.25) is 9.79 Å². The van der Waals surface area contributed by atoms with Gasteiger partial charge < -0.3 is 16.2 Å². The average Bonchev–Trinajstić information content (AvgIpc) is 2.44. The second-order valence-corrected chi connectivity index (χ2v) is 4.04. The molecule has 1 rings (SSSR count). The van der Waals surface area contributed by atoms with Crippen molar-refractivity contribution in [3.8, 4) is 0 Å². The maximum absolute atomic E-state index is 11.2. The first-order valence-electron chi connectivity index (χ1n) is 5.89. The zero-order valence-corrected chi connectivity index (χ0v) is 11.2. The standard InChI is InChI=1S/C14H19N3O2/c1-17-9-12(8-15)11-5-3-10(4-6-11)7-13(16)14(18)19-2/h3-6,8-9,13H,7,15-16H2,1-2H3/t13-/m0/s1. The molecule has 0 bridgehead atoms. The van der Waals surface area contributed by atoms with Crippen molar-refractivity contribution in [2.45, 2.75) is 12.5 Å². The van der Waals surface area contributed by atoms with E-state index in [2.05, 4.69) is 9.73 Å². The van der Waals surface area contributed by atoms with E-state index in [-0.39, 0.29) is 0 Å². The molecule has 0 unspecified atom stereocenters. The Bertz CT molecular complexity index is 478. The zero-order valence-electron chi connectivity index (χ0n) is 11.2. The summed E-state index contributed by atoms with van der Waals surface area (Å²) < 4.78 is 4.59. The Balaban J connectivity index is 2.79. The highest BCUT2D eigenvalue weighted by Gasteiger charge is 2.14. The van der Waals surface area contributed by atoms with Gasteiger partial charge in [-0.05, 0) is 17.5 Å². The molecule has 0 saturated carbocycles. The summed E-state index contributed by atoms with van der Waals surface area (Å²) in [6, 6.07) is 7.01. The molecule has 0 fully saturated rings. The fourth-order valence-electron chi connectivity index (χ4n) is 1.67. The molecule has 102 valence electrons. The Kier molecular flexibility index (Phi) is 5.75. The van der Waals surface area contributed by atoms with Gasteiger partial charge in [-0.15, -0.1) is 0 Å². The van der Waals surface area contributed by atoms with Gasteiger partial charge in [0.05, 0.1) is 7.11 Å². The van der Waals surface area contributed by atoms with Crippen molar-refractivity contribution in [3.05, 3.63) is 41.6 Å². The van der Waals surface area contributed by atoms with Crippen molar-refractivity contribution >= 4 is 17.8 Å². The van der Waals surface area contributed by atoms with Crippen LogP contribution in [0.4, 0.5) is 0 Å². The van der Waals surface area contributed by atoms with Crippen LogP contribution in [0.25, 0.3) is 5.57 Å². The lowest BCUT2D eigenvalue weighted by atomic mass is 10.0. The van der Waals surface area contributed by atoms with Gasteiger partial charge >= 0.3 is 5.97 Å². The molecule has 4 N–H and O–H groups in total. The maximum Gasteiger partial charge on any atom is 0.322 e. The highest BCUT2D eigenvalue weighted by molar-refractivity contribution is 6.09. The molecule has 0 amide bonds. The van der Waals surface area contributed by atoms with E-state index in [4.69, 9.17) is 11.5 Å². The van der Waals surface area contributed by atoms with Crippen LogP contribution in [0.1, 0.15) is 11.1 Å². The van der Waals surface area contributed by atoms with Crippen LogP contribution in [0.2, 0.25) is 0 Å². The summed E-state index contributed by atoms with van der Waals surface area (Å²) in [6.07, 6.45) is 3.63. The summed E-state index contributed by atoms with van der Waals surface area (Å²) in [7, 11) is 3.01. The van der Waals surface area contributed by atoms with Crippen LogP contribution in [0, 0.1) is 0 Å². The van der Waals surface area contributed by atoms with Crippen molar-refractivity contribution in [1.82, 2.24) is 0 Å². The Morgan fingerprint density at radius 1 is 1.42 bits per heavy atom. The van der Waals surface area contributed by atoms with E-state index < -0.39 is 12.0 Å². The highest BCUT2D eigenvalue weighted by atomic mass is 16.5. The molecule has 1 aromatic carbocycles. The van der Waals surface area contributed by atoms with Gasteiger partial charge in [0.1, 0.15) is 6.04 Å². The number of methoxy groups -OCH3 is 1. The normalized spacial score (nSPS) is 13.5. The van der Waals surface area contributed by atoms with E-state index in [0.29, 0.717) is 6.42 Å². The van der Waals surface area contributed by atoms with Crippen LogP contribution in [-0.2, 0) is 16.0 Å². The fourth-order valence-corrected chi connectivity index (χ4v) is 1.67. The Hall–Kier alpha value is -2.14. The van der Waals surface area contributed by atoms with Crippen LogP contribution in [0.5, 0.6) is 0 Å². The number of allylic oxidation sites excluding steroid dienone is 1. The number of hydrogen-bond donors (Lipinski definition) is 2. The van der Waals surface area contributed by atoms with Gasteiger partial charge in [-0.1, -0.05) is 24.3 Å². The van der Waals surface area contributed by atoms with Crippen molar-refractivity contribution in [3.63, 3.8) is 0 Å². The number of rotatable bonds is 5. The average molecular weight is 261 g/mol. The molecule has 0 aliphatic heterocycles. The molecule has 5 nitrogen and oxygen atoms in total. The first kappa shape index (κ1) is 14.9. The Morgan fingerprint density at radius 3 is 2.53 bits per heavy atom. The lowest BCUT2D eigenvalue weighted by molar-refractivity contribution is -0.142. The van der Waals surface area contributed by atoms with Crippen LogP contribution in [0.3, 0.4) is 0 Å². The van der Waals surface area contributed by atoms with E-state index in [1.165, 1.54) is 13.3 Å². The smallest absolute Gasteiger partial charge is 0.322 e. The fraction of sp³-hybridized carbons (Fsp3) is 0.286. The number of carbonyl (C=O) groups is 1. The van der Waals surface area contributed by atoms with Gasteiger partial charge in [0.15, 0.2) is 0 Å². The summed E-state index contributed by atoms with van der Waals surface area (Å²) in [5.74, 6) is -0.412. The van der Waals surface area contributed by atoms with Gasteiger partial charge in [0, 0.05) is 25.0 Å². The first-order valence-corrected chi connectivity index (χ1v) is 5.89. The molecule has 1 atom stereocenters. The van der Waals surface area contributed by atoms with Crippen LogP contribution >= 0.6 is 0 Å². The topological polar surface area (TPSA) is 90.7 Å². The number of nitrogens with zero attached hydrogens (tertiary/aromatic N) is 1. The molecule has 0 spiro atoms. The second kappa shape index (κ2) is 7.33. The second-order valence-electron chi connectivity index (χ2n) is 4.04. The molecular formula is C14H19N3O2. The molecule has 0 radical (unpaired) electrons. The van der Waals surface area contributed by atoms with Crippen molar-refractivity contribution in [1.29, 1.82) is 0 Å². The Morgan fingerprint density at radius 2 is 2.05 bits per heavy atom. The number of ether oxygens (including phenoxy) is 1. The summed E-state index contributed by atoms with van der Waals surface area (Å²) in [5.41, 5.74) is 14.0. The monoisotopic (exact) mass is 261 g/mol. The third-order valence-electron chi connectivity index (χ3n) is 2.69. The lowest BCUT2D eigenvalue weighted by Crippen LogP contribution is -2.33. The number of nitrogens with two attached hydrogens (primary N) is 2. The number of esters is 1. The van der Waals surface area contributed by atoms with Crippen LogP contribution < -0.4 is 11.5 Å². The molecule has 0 aromatic heterocycles. The number of aliphatic imine (C=N–C) groups is 1. The van der Waals surface area contributed by atoms with E-state index in [1.807, 2.05) is 24.3 Å². The van der Waals surface area contributed by atoms with Crippen molar-refractivity contribution in [2.24, 2.45) is 16.5 Å². The van der Waals surface area contributed by atoms with Crippen molar-refractivity contribution in [2.75, 3.05) is 14.2 Å². The van der Waals surface area contributed by atoms with E-state index in [0.717, 1.165) is 16.7 Å². The molecule has 5 heteroatoms. The van der Waals surface area contributed by atoms with Crippen LogP contribution in [-0.4, -0.2) is 32.4 Å². The summed E-state index contributed by atoms with van der Waals surface area (Å²) in [6.45, 7) is 0. The van der Waals surface area contributed by atoms with Crippen molar-refractivity contribution < 1.29 is 9.53 Å². The highest BCUT2D eigenvalue weighted by Crippen LogP contribution is 2.13.